The van der Waals surface area contributed by atoms with Gasteiger partial charge in [-0.15, -0.1) is 0 Å². The summed E-state index contributed by atoms with van der Waals surface area (Å²) in [5.41, 5.74) is 0.0268. The number of benzene rings is 1. The summed E-state index contributed by atoms with van der Waals surface area (Å²) in [6.07, 6.45) is 3.74. The maximum absolute atomic E-state index is 11.3. The molecule has 2 rings (SSSR count). The second-order valence-corrected chi connectivity index (χ2v) is 5.59. The Morgan fingerprint density at radius 1 is 1.18 bits per heavy atom. The summed E-state index contributed by atoms with van der Waals surface area (Å²) < 4.78 is 21.4. The summed E-state index contributed by atoms with van der Waals surface area (Å²) in [5, 5.41) is 0. The first kappa shape index (κ1) is 16.6. The van der Waals surface area contributed by atoms with Crippen LogP contribution in [0.15, 0.2) is 24.3 Å². The molecular formula is C17H24O5. The van der Waals surface area contributed by atoms with E-state index in [-0.39, 0.29) is 5.60 Å². The molecule has 1 aromatic rings. The second kappa shape index (κ2) is 7.49. The Kier molecular flexibility index (Phi) is 5.66. The summed E-state index contributed by atoms with van der Waals surface area (Å²) in [5.74, 6) is 0.993. The molecule has 1 aliphatic rings. The van der Waals surface area contributed by atoms with Crippen molar-refractivity contribution in [3.8, 4) is 11.5 Å². The molecule has 0 unspecified atom stereocenters. The van der Waals surface area contributed by atoms with Gasteiger partial charge >= 0.3 is 5.97 Å². The van der Waals surface area contributed by atoms with Gasteiger partial charge in [-0.25, -0.2) is 4.79 Å². The molecule has 0 amide bonds. The molecule has 0 heterocycles. The zero-order valence-electron chi connectivity index (χ0n) is 13.5. The quantitative estimate of drug-likeness (QED) is 0.691. The molecule has 0 aliphatic heterocycles. The van der Waals surface area contributed by atoms with E-state index in [1.807, 2.05) is 12.1 Å². The molecule has 1 atom stereocenters. The van der Waals surface area contributed by atoms with Crippen LogP contribution in [-0.4, -0.2) is 38.5 Å². The number of carbonyl (C=O) groups is 1. The van der Waals surface area contributed by atoms with Gasteiger partial charge in [-0.3, -0.25) is 0 Å². The van der Waals surface area contributed by atoms with E-state index in [2.05, 4.69) is 4.74 Å². The normalized spacial score (nSPS) is 17.2. The van der Waals surface area contributed by atoms with Gasteiger partial charge in [0.05, 0.1) is 19.3 Å². The predicted octanol–water partition coefficient (Wildman–Crippen LogP) is 2.96. The number of ether oxygens (including phenoxy) is 4. The summed E-state index contributed by atoms with van der Waals surface area (Å²) in [6.45, 7) is 2.28. The van der Waals surface area contributed by atoms with Crippen LogP contribution in [-0.2, 0) is 14.3 Å². The van der Waals surface area contributed by atoms with E-state index >= 15 is 0 Å². The van der Waals surface area contributed by atoms with E-state index in [1.165, 1.54) is 13.5 Å². The predicted molar refractivity (Wildman–Crippen MR) is 82.3 cm³/mol. The van der Waals surface area contributed by atoms with Gasteiger partial charge in [0.1, 0.15) is 11.5 Å². The summed E-state index contributed by atoms with van der Waals surface area (Å²) in [6, 6.07) is 7.23. The van der Waals surface area contributed by atoms with Crippen molar-refractivity contribution in [2.75, 3.05) is 20.8 Å². The van der Waals surface area contributed by atoms with Gasteiger partial charge in [0.25, 0.3) is 0 Å². The molecule has 122 valence electrons. The lowest BCUT2D eigenvalue weighted by atomic mass is 9.78. The standard InChI is InChI=1S/C17H24O5/c1-13(16(18)19-2)22-15-7-5-14(6-8-15)21-12-11-17(20-3)9-4-10-17/h5-8,13H,4,9-12H2,1-3H3/t13-/m0/s1. The fourth-order valence-electron chi connectivity index (χ4n) is 2.51. The second-order valence-electron chi connectivity index (χ2n) is 5.59. The molecule has 5 nitrogen and oxygen atoms in total. The molecule has 0 spiro atoms. The fourth-order valence-corrected chi connectivity index (χ4v) is 2.51. The highest BCUT2D eigenvalue weighted by atomic mass is 16.6. The minimum atomic E-state index is -0.628. The van der Waals surface area contributed by atoms with Crippen molar-refractivity contribution in [2.24, 2.45) is 0 Å². The van der Waals surface area contributed by atoms with E-state index < -0.39 is 12.1 Å². The molecule has 1 aliphatic carbocycles. The number of rotatable bonds is 8. The van der Waals surface area contributed by atoms with Crippen molar-refractivity contribution in [3.05, 3.63) is 24.3 Å². The van der Waals surface area contributed by atoms with Crippen LogP contribution in [0.5, 0.6) is 11.5 Å². The third kappa shape index (κ3) is 4.13. The van der Waals surface area contributed by atoms with Crippen molar-refractivity contribution < 1.29 is 23.7 Å². The Morgan fingerprint density at radius 2 is 1.82 bits per heavy atom. The highest BCUT2D eigenvalue weighted by molar-refractivity contribution is 5.74. The Morgan fingerprint density at radius 3 is 2.32 bits per heavy atom. The fraction of sp³-hybridized carbons (Fsp3) is 0.588. The van der Waals surface area contributed by atoms with E-state index in [1.54, 1.807) is 26.2 Å². The molecule has 0 N–H and O–H groups in total. The molecule has 1 aromatic carbocycles. The molecule has 0 aromatic heterocycles. The van der Waals surface area contributed by atoms with E-state index in [0.29, 0.717) is 12.4 Å². The van der Waals surface area contributed by atoms with Crippen LogP contribution >= 0.6 is 0 Å². The van der Waals surface area contributed by atoms with E-state index in [4.69, 9.17) is 14.2 Å². The maximum Gasteiger partial charge on any atom is 0.346 e. The first-order valence-corrected chi connectivity index (χ1v) is 7.61. The van der Waals surface area contributed by atoms with Crippen molar-refractivity contribution in [1.29, 1.82) is 0 Å². The lowest BCUT2D eigenvalue weighted by Gasteiger charge is -2.40. The van der Waals surface area contributed by atoms with Crippen LogP contribution in [0.2, 0.25) is 0 Å². The van der Waals surface area contributed by atoms with Gasteiger partial charge in [0.2, 0.25) is 0 Å². The largest absolute Gasteiger partial charge is 0.493 e. The molecule has 5 heteroatoms. The summed E-state index contributed by atoms with van der Waals surface area (Å²) in [7, 11) is 3.11. The highest BCUT2D eigenvalue weighted by Crippen LogP contribution is 2.37. The topological polar surface area (TPSA) is 54.0 Å². The van der Waals surface area contributed by atoms with Crippen LogP contribution in [0.25, 0.3) is 0 Å². The van der Waals surface area contributed by atoms with Gasteiger partial charge in [0, 0.05) is 13.5 Å². The number of methoxy groups -OCH3 is 2. The van der Waals surface area contributed by atoms with Gasteiger partial charge in [-0.2, -0.15) is 0 Å². The number of hydrogen-bond acceptors (Lipinski definition) is 5. The monoisotopic (exact) mass is 308 g/mol. The SMILES string of the molecule is COC(=O)[C@H](C)Oc1ccc(OCCC2(OC)CCC2)cc1. The third-order valence-electron chi connectivity index (χ3n) is 4.19. The summed E-state index contributed by atoms with van der Waals surface area (Å²) in [4.78, 5) is 11.3. The lowest BCUT2D eigenvalue weighted by Crippen LogP contribution is -2.40. The first-order chi connectivity index (χ1) is 10.6. The zero-order valence-corrected chi connectivity index (χ0v) is 13.5. The molecule has 1 fully saturated rings. The average Bonchev–Trinajstić information content (AvgIpc) is 2.50. The van der Waals surface area contributed by atoms with Crippen molar-refractivity contribution in [1.82, 2.24) is 0 Å². The Balaban J connectivity index is 1.78. The molecule has 22 heavy (non-hydrogen) atoms. The number of hydrogen-bond donors (Lipinski definition) is 0. The Hall–Kier alpha value is -1.75. The smallest absolute Gasteiger partial charge is 0.346 e. The highest BCUT2D eigenvalue weighted by Gasteiger charge is 2.36. The minimum absolute atomic E-state index is 0.0268. The van der Waals surface area contributed by atoms with Gasteiger partial charge in [-0.1, -0.05) is 0 Å². The maximum atomic E-state index is 11.3. The first-order valence-electron chi connectivity index (χ1n) is 7.61. The van der Waals surface area contributed by atoms with Crippen molar-refractivity contribution >= 4 is 5.97 Å². The van der Waals surface area contributed by atoms with Crippen LogP contribution in [0, 0.1) is 0 Å². The zero-order chi connectivity index (χ0) is 16.0. The van der Waals surface area contributed by atoms with Gasteiger partial charge in [0.15, 0.2) is 6.10 Å². The van der Waals surface area contributed by atoms with Crippen LogP contribution < -0.4 is 9.47 Å². The Labute approximate surface area is 131 Å². The molecule has 0 bridgehead atoms. The lowest BCUT2D eigenvalue weighted by molar-refractivity contribution is -0.147. The van der Waals surface area contributed by atoms with Crippen LogP contribution in [0.4, 0.5) is 0 Å². The van der Waals surface area contributed by atoms with Gasteiger partial charge < -0.3 is 18.9 Å². The van der Waals surface area contributed by atoms with E-state index in [0.717, 1.165) is 25.0 Å². The molecule has 0 saturated heterocycles. The van der Waals surface area contributed by atoms with Gasteiger partial charge in [-0.05, 0) is 50.5 Å². The number of esters is 1. The summed E-state index contributed by atoms with van der Waals surface area (Å²) >= 11 is 0. The molecule has 1 saturated carbocycles. The Bertz CT molecular complexity index is 473. The van der Waals surface area contributed by atoms with Crippen molar-refractivity contribution in [3.63, 3.8) is 0 Å². The molecular weight excluding hydrogens is 284 g/mol. The minimum Gasteiger partial charge on any atom is -0.493 e. The molecule has 0 radical (unpaired) electrons. The van der Waals surface area contributed by atoms with Crippen LogP contribution in [0.1, 0.15) is 32.6 Å². The van der Waals surface area contributed by atoms with Crippen LogP contribution in [0.3, 0.4) is 0 Å². The average molecular weight is 308 g/mol. The number of carbonyl (C=O) groups excluding carboxylic acids is 1. The third-order valence-corrected chi connectivity index (χ3v) is 4.19. The van der Waals surface area contributed by atoms with E-state index in [9.17, 15) is 4.79 Å². The van der Waals surface area contributed by atoms with Crippen molar-refractivity contribution in [2.45, 2.75) is 44.3 Å².